The number of benzene rings is 1. The lowest BCUT2D eigenvalue weighted by atomic mass is 10.0. The van der Waals surface area contributed by atoms with Crippen LogP contribution in [0, 0.1) is 0 Å². The van der Waals surface area contributed by atoms with E-state index in [1.165, 1.54) is 0 Å². The van der Waals surface area contributed by atoms with Crippen LogP contribution in [-0.2, 0) is 11.2 Å². The summed E-state index contributed by atoms with van der Waals surface area (Å²) in [4.78, 5) is 33.8. The van der Waals surface area contributed by atoms with Gasteiger partial charge in [0.1, 0.15) is 0 Å². The molecule has 0 saturated carbocycles. The van der Waals surface area contributed by atoms with Gasteiger partial charge in [0.05, 0.1) is 12.3 Å². The summed E-state index contributed by atoms with van der Waals surface area (Å²) >= 11 is 0. The summed E-state index contributed by atoms with van der Waals surface area (Å²) in [6.07, 6.45) is -0.184. The SMILES string of the molecule is CCc1nc(C(N)=O)c(Nc2cccc(C(C)COC(N)=O)c2)nc1N(C)CC. The summed E-state index contributed by atoms with van der Waals surface area (Å²) in [7, 11) is 1.91. The quantitative estimate of drug-likeness (QED) is 0.588. The smallest absolute Gasteiger partial charge is 0.404 e. The number of nitrogens with two attached hydrogens (primary N) is 2. The van der Waals surface area contributed by atoms with Crippen molar-refractivity contribution in [2.45, 2.75) is 33.1 Å². The number of primary amides is 2. The number of hydrogen-bond donors (Lipinski definition) is 3. The number of amides is 2. The molecule has 2 rings (SSSR count). The fourth-order valence-electron chi connectivity index (χ4n) is 2.78. The van der Waals surface area contributed by atoms with Crippen molar-refractivity contribution in [1.29, 1.82) is 0 Å². The molecule has 0 bridgehead atoms. The third kappa shape index (κ3) is 5.56. The highest BCUT2D eigenvalue weighted by molar-refractivity contribution is 5.96. The maximum absolute atomic E-state index is 12.0. The molecule has 156 valence electrons. The van der Waals surface area contributed by atoms with Crippen LogP contribution in [0.4, 0.5) is 22.1 Å². The highest BCUT2D eigenvalue weighted by Gasteiger charge is 2.19. The summed E-state index contributed by atoms with van der Waals surface area (Å²) in [5, 5.41) is 3.15. The lowest BCUT2D eigenvalue weighted by Gasteiger charge is -2.21. The topological polar surface area (TPSA) is 136 Å². The van der Waals surface area contributed by atoms with Crippen LogP contribution in [0.1, 0.15) is 48.4 Å². The van der Waals surface area contributed by atoms with E-state index in [1.54, 1.807) is 0 Å². The van der Waals surface area contributed by atoms with Gasteiger partial charge in [0.2, 0.25) is 0 Å². The lowest BCUT2D eigenvalue weighted by Crippen LogP contribution is -2.24. The molecule has 2 aromatic rings. The Morgan fingerprint density at radius 3 is 2.55 bits per heavy atom. The van der Waals surface area contributed by atoms with E-state index in [9.17, 15) is 9.59 Å². The Morgan fingerprint density at radius 1 is 1.24 bits per heavy atom. The van der Waals surface area contributed by atoms with Crippen molar-refractivity contribution in [3.8, 4) is 0 Å². The fourth-order valence-corrected chi connectivity index (χ4v) is 2.78. The van der Waals surface area contributed by atoms with E-state index in [0.29, 0.717) is 29.4 Å². The molecule has 0 aliphatic rings. The molecule has 1 aromatic heterocycles. The van der Waals surface area contributed by atoms with Gasteiger partial charge in [-0.1, -0.05) is 26.0 Å². The number of rotatable bonds is 9. The Labute approximate surface area is 170 Å². The second-order valence-electron chi connectivity index (χ2n) is 6.70. The number of ether oxygens (including phenoxy) is 1. The second-order valence-corrected chi connectivity index (χ2v) is 6.70. The normalized spacial score (nSPS) is 11.6. The van der Waals surface area contributed by atoms with E-state index < -0.39 is 12.0 Å². The summed E-state index contributed by atoms with van der Waals surface area (Å²) in [5.74, 6) is 0.278. The predicted molar refractivity (Wildman–Crippen MR) is 113 cm³/mol. The predicted octanol–water partition coefficient (Wildman–Crippen LogP) is 2.54. The van der Waals surface area contributed by atoms with E-state index in [2.05, 4.69) is 15.3 Å². The van der Waals surface area contributed by atoms with Crippen molar-refractivity contribution in [2.75, 3.05) is 30.4 Å². The van der Waals surface area contributed by atoms with Gasteiger partial charge in [-0.3, -0.25) is 4.79 Å². The molecule has 0 aliphatic heterocycles. The maximum atomic E-state index is 12.0. The molecule has 0 aliphatic carbocycles. The minimum absolute atomic E-state index is 0.0600. The molecular formula is C20H28N6O3. The highest BCUT2D eigenvalue weighted by atomic mass is 16.5. The van der Waals surface area contributed by atoms with E-state index in [1.807, 2.05) is 57.0 Å². The number of nitrogens with zero attached hydrogens (tertiary/aromatic N) is 3. The van der Waals surface area contributed by atoms with Gasteiger partial charge < -0.3 is 26.4 Å². The van der Waals surface area contributed by atoms with E-state index >= 15 is 0 Å². The zero-order valence-corrected chi connectivity index (χ0v) is 17.2. The Bertz CT molecular complexity index is 887. The van der Waals surface area contributed by atoms with Crippen LogP contribution < -0.4 is 21.7 Å². The second kappa shape index (κ2) is 9.72. The minimum atomic E-state index is -0.809. The molecule has 0 fully saturated rings. The fraction of sp³-hybridized carbons (Fsp3) is 0.400. The summed E-state index contributed by atoms with van der Waals surface area (Å²) in [5.41, 5.74) is 13.0. The first-order chi connectivity index (χ1) is 13.8. The van der Waals surface area contributed by atoms with Gasteiger partial charge in [-0.05, 0) is 31.0 Å². The first-order valence-electron chi connectivity index (χ1n) is 9.47. The Kier molecular flexibility index (Phi) is 7.35. The minimum Gasteiger partial charge on any atom is -0.449 e. The number of aromatic nitrogens is 2. The van der Waals surface area contributed by atoms with Crippen LogP contribution in [0.15, 0.2) is 24.3 Å². The highest BCUT2D eigenvalue weighted by Crippen LogP contribution is 2.26. The molecule has 29 heavy (non-hydrogen) atoms. The van der Waals surface area contributed by atoms with E-state index in [0.717, 1.165) is 12.1 Å². The van der Waals surface area contributed by atoms with Crippen molar-refractivity contribution in [3.05, 3.63) is 41.2 Å². The van der Waals surface area contributed by atoms with Crippen LogP contribution in [0.3, 0.4) is 0 Å². The molecule has 1 atom stereocenters. The van der Waals surface area contributed by atoms with Crippen LogP contribution >= 0.6 is 0 Å². The van der Waals surface area contributed by atoms with Crippen molar-refractivity contribution in [3.63, 3.8) is 0 Å². The Balaban J connectivity index is 2.38. The zero-order valence-electron chi connectivity index (χ0n) is 17.2. The van der Waals surface area contributed by atoms with Gasteiger partial charge in [-0.25, -0.2) is 14.8 Å². The maximum Gasteiger partial charge on any atom is 0.404 e. The van der Waals surface area contributed by atoms with Crippen LogP contribution in [0.2, 0.25) is 0 Å². The number of carbonyl (C=O) groups excluding carboxylic acids is 2. The van der Waals surface area contributed by atoms with Crippen LogP contribution in [0.5, 0.6) is 0 Å². The lowest BCUT2D eigenvalue weighted by molar-refractivity contribution is 0.0996. The van der Waals surface area contributed by atoms with Crippen LogP contribution in [0.25, 0.3) is 0 Å². The van der Waals surface area contributed by atoms with Gasteiger partial charge >= 0.3 is 6.09 Å². The molecule has 1 heterocycles. The number of anilines is 3. The number of hydrogen-bond acceptors (Lipinski definition) is 7. The molecule has 1 aromatic carbocycles. The monoisotopic (exact) mass is 400 g/mol. The molecule has 0 spiro atoms. The standard InChI is InChI=1S/C20H28N6O3/c1-5-15-19(26(4)6-2)25-18(16(24-15)17(21)27)23-14-9-7-8-13(10-14)12(3)11-29-20(22)28/h7-10,12H,5-6,11H2,1-4H3,(H2,21,27)(H2,22,28)(H,23,25). The van der Waals surface area contributed by atoms with Gasteiger partial charge in [0, 0.05) is 25.2 Å². The average molecular weight is 400 g/mol. The third-order valence-corrected chi connectivity index (χ3v) is 4.55. The zero-order chi connectivity index (χ0) is 21.6. The molecule has 2 amide bonds. The van der Waals surface area contributed by atoms with E-state index in [-0.39, 0.29) is 18.2 Å². The third-order valence-electron chi connectivity index (χ3n) is 4.55. The first-order valence-corrected chi connectivity index (χ1v) is 9.47. The van der Waals surface area contributed by atoms with Crippen LogP contribution in [-0.4, -0.2) is 42.2 Å². The Hall–Kier alpha value is -3.36. The molecule has 0 saturated heterocycles. The van der Waals surface area contributed by atoms with Gasteiger partial charge in [0.25, 0.3) is 5.91 Å². The molecule has 9 heteroatoms. The molecule has 5 N–H and O–H groups in total. The number of carbonyl (C=O) groups is 2. The summed E-state index contributed by atoms with van der Waals surface area (Å²) in [6, 6.07) is 7.50. The summed E-state index contributed by atoms with van der Waals surface area (Å²) < 4.78 is 4.88. The molecule has 0 radical (unpaired) electrons. The van der Waals surface area contributed by atoms with E-state index in [4.69, 9.17) is 16.2 Å². The van der Waals surface area contributed by atoms with Gasteiger partial charge in [-0.15, -0.1) is 0 Å². The van der Waals surface area contributed by atoms with Crippen molar-refractivity contribution in [2.24, 2.45) is 11.5 Å². The molecular weight excluding hydrogens is 372 g/mol. The Morgan fingerprint density at radius 2 is 1.97 bits per heavy atom. The van der Waals surface area contributed by atoms with Crippen molar-refractivity contribution < 1.29 is 14.3 Å². The van der Waals surface area contributed by atoms with Crippen molar-refractivity contribution in [1.82, 2.24) is 9.97 Å². The van der Waals surface area contributed by atoms with Gasteiger partial charge in [0.15, 0.2) is 17.3 Å². The average Bonchev–Trinajstić information content (AvgIpc) is 2.71. The first kappa shape index (κ1) is 21.9. The molecule has 9 nitrogen and oxygen atoms in total. The summed E-state index contributed by atoms with van der Waals surface area (Å²) in [6.45, 7) is 6.79. The number of nitrogens with one attached hydrogen (secondary N) is 1. The van der Waals surface area contributed by atoms with Crippen molar-refractivity contribution >= 4 is 29.3 Å². The number of aryl methyl sites for hydroxylation is 1. The van der Waals surface area contributed by atoms with Gasteiger partial charge in [-0.2, -0.15) is 0 Å². The largest absolute Gasteiger partial charge is 0.449 e. The molecule has 1 unspecified atom stereocenters.